The third-order valence-corrected chi connectivity index (χ3v) is 5.97. The van der Waals surface area contributed by atoms with Crippen LogP contribution in [0.5, 0.6) is 5.75 Å². The van der Waals surface area contributed by atoms with E-state index in [1.54, 1.807) is 12.1 Å². The number of hydrogen-bond donors (Lipinski definition) is 1. The lowest BCUT2D eigenvalue weighted by atomic mass is 10.1. The monoisotopic (exact) mass is 418 g/mol. The molecule has 1 N–H and O–H groups in total. The van der Waals surface area contributed by atoms with Crippen molar-refractivity contribution in [2.45, 2.75) is 20.8 Å². The van der Waals surface area contributed by atoms with Crippen LogP contribution in [0.1, 0.15) is 21.6 Å². The fourth-order valence-electron chi connectivity index (χ4n) is 3.49. The Labute approximate surface area is 179 Å². The van der Waals surface area contributed by atoms with Crippen molar-refractivity contribution in [3.05, 3.63) is 81.2 Å². The molecule has 0 bridgehead atoms. The Kier molecular flexibility index (Phi) is 5.18. The maximum atomic E-state index is 13.5. The molecule has 0 fully saturated rings. The number of aryl methyl sites for hydroxylation is 3. The molecule has 4 rings (SSSR count). The van der Waals surface area contributed by atoms with Crippen LogP contribution in [0.2, 0.25) is 0 Å². The van der Waals surface area contributed by atoms with Crippen LogP contribution < -0.4 is 15.0 Å². The highest BCUT2D eigenvalue weighted by Crippen LogP contribution is 2.39. The topological polar surface area (TPSA) is 58.6 Å². The first kappa shape index (κ1) is 19.9. The summed E-state index contributed by atoms with van der Waals surface area (Å²) < 4.78 is 5.44. The maximum absolute atomic E-state index is 13.5. The molecule has 152 valence electrons. The van der Waals surface area contributed by atoms with Crippen molar-refractivity contribution in [3.63, 3.8) is 0 Å². The van der Waals surface area contributed by atoms with Gasteiger partial charge in [0.15, 0.2) is 0 Å². The van der Waals surface area contributed by atoms with Gasteiger partial charge in [0.2, 0.25) is 0 Å². The van der Waals surface area contributed by atoms with Crippen LogP contribution in [-0.2, 0) is 9.59 Å². The Morgan fingerprint density at radius 3 is 2.37 bits per heavy atom. The molecule has 0 unspecified atom stereocenters. The SMILES string of the molecule is COc1ccc(C)cc1N1C(=O)C(Nc2cc(C)ccc2C)=C(c2cccs2)C1=O. The number of anilines is 2. The van der Waals surface area contributed by atoms with Crippen LogP contribution in [-0.4, -0.2) is 18.9 Å². The van der Waals surface area contributed by atoms with Gasteiger partial charge in [0.05, 0.1) is 18.4 Å². The highest BCUT2D eigenvalue weighted by Gasteiger charge is 2.42. The third kappa shape index (κ3) is 3.39. The van der Waals surface area contributed by atoms with Crippen molar-refractivity contribution < 1.29 is 14.3 Å². The van der Waals surface area contributed by atoms with Crippen LogP contribution in [0.3, 0.4) is 0 Å². The first-order valence-corrected chi connectivity index (χ1v) is 10.4. The zero-order valence-corrected chi connectivity index (χ0v) is 18.1. The lowest BCUT2D eigenvalue weighted by Gasteiger charge is -2.19. The summed E-state index contributed by atoms with van der Waals surface area (Å²) in [5.41, 5.74) is 4.89. The Bertz CT molecular complexity index is 1180. The number of amides is 2. The average Bonchev–Trinajstić information content (AvgIpc) is 3.32. The van der Waals surface area contributed by atoms with Crippen molar-refractivity contribution in [2.75, 3.05) is 17.3 Å². The number of hydrogen-bond acceptors (Lipinski definition) is 5. The number of methoxy groups -OCH3 is 1. The van der Waals surface area contributed by atoms with E-state index >= 15 is 0 Å². The average molecular weight is 419 g/mol. The van der Waals surface area contributed by atoms with E-state index < -0.39 is 5.91 Å². The van der Waals surface area contributed by atoms with Gasteiger partial charge in [-0.3, -0.25) is 9.59 Å². The van der Waals surface area contributed by atoms with Crippen molar-refractivity contribution in [1.82, 2.24) is 0 Å². The zero-order valence-electron chi connectivity index (χ0n) is 17.3. The molecule has 0 aliphatic carbocycles. The van der Waals surface area contributed by atoms with Gasteiger partial charge in [-0.25, -0.2) is 4.90 Å². The highest BCUT2D eigenvalue weighted by atomic mass is 32.1. The Balaban J connectivity index is 1.86. The van der Waals surface area contributed by atoms with Crippen LogP contribution in [0.25, 0.3) is 5.57 Å². The van der Waals surface area contributed by atoms with E-state index in [1.807, 2.05) is 62.5 Å². The van der Waals surface area contributed by atoms with Crippen molar-refractivity contribution in [1.29, 1.82) is 0 Å². The number of thiophene rings is 1. The summed E-state index contributed by atoms with van der Waals surface area (Å²) in [7, 11) is 1.53. The second-order valence-corrected chi connectivity index (χ2v) is 8.24. The van der Waals surface area contributed by atoms with E-state index in [1.165, 1.54) is 23.3 Å². The van der Waals surface area contributed by atoms with Crippen molar-refractivity contribution in [3.8, 4) is 5.75 Å². The van der Waals surface area contributed by atoms with Gasteiger partial charge in [0.25, 0.3) is 11.8 Å². The van der Waals surface area contributed by atoms with Crippen LogP contribution in [0.15, 0.2) is 59.6 Å². The predicted molar refractivity (Wildman–Crippen MR) is 121 cm³/mol. The predicted octanol–water partition coefficient (Wildman–Crippen LogP) is 5.08. The molecule has 1 aromatic heterocycles. The van der Waals surface area contributed by atoms with E-state index in [0.29, 0.717) is 17.0 Å². The van der Waals surface area contributed by atoms with Gasteiger partial charge in [-0.2, -0.15) is 0 Å². The van der Waals surface area contributed by atoms with Crippen LogP contribution in [0.4, 0.5) is 11.4 Å². The fourth-order valence-corrected chi connectivity index (χ4v) is 4.26. The summed E-state index contributed by atoms with van der Waals surface area (Å²) in [6.07, 6.45) is 0. The normalized spacial score (nSPS) is 13.9. The van der Waals surface area contributed by atoms with Gasteiger partial charge in [-0.1, -0.05) is 24.3 Å². The molecule has 0 saturated heterocycles. The highest BCUT2D eigenvalue weighted by molar-refractivity contribution is 7.11. The second-order valence-electron chi connectivity index (χ2n) is 7.29. The van der Waals surface area contributed by atoms with E-state index in [2.05, 4.69) is 5.32 Å². The molecule has 1 aliphatic heterocycles. The standard InChI is InChI=1S/C24H22N2O3S/c1-14-7-9-16(3)17(12-14)25-22-21(20-6-5-11-30-20)23(27)26(24(22)28)18-13-15(2)8-10-19(18)29-4/h5-13,25H,1-4H3. The molecule has 1 aliphatic rings. The Hall–Kier alpha value is -3.38. The Morgan fingerprint density at radius 1 is 0.933 bits per heavy atom. The molecule has 2 amide bonds. The molecule has 0 atom stereocenters. The summed E-state index contributed by atoms with van der Waals surface area (Å²) in [6, 6.07) is 15.2. The number of rotatable bonds is 5. The number of imide groups is 1. The van der Waals surface area contributed by atoms with E-state index in [0.717, 1.165) is 27.3 Å². The molecule has 2 aromatic carbocycles. The van der Waals surface area contributed by atoms with Crippen molar-refractivity contribution >= 4 is 40.1 Å². The second kappa shape index (κ2) is 7.80. The van der Waals surface area contributed by atoms with Crippen LogP contribution in [0, 0.1) is 20.8 Å². The fraction of sp³-hybridized carbons (Fsp3) is 0.167. The van der Waals surface area contributed by atoms with Gasteiger partial charge in [-0.05, 0) is 67.1 Å². The molecular formula is C24H22N2O3S. The number of nitrogens with zero attached hydrogens (tertiary/aromatic N) is 1. The minimum Gasteiger partial charge on any atom is -0.495 e. The van der Waals surface area contributed by atoms with E-state index in [9.17, 15) is 9.59 Å². The number of benzene rings is 2. The lowest BCUT2D eigenvalue weighted by molar-refractivity contribution is -0.120. The van der Waals surface area contributed by atoms with E-state index in [4.69, 9.17) is 4.74 Å². The van der Waals surface area contributed by atoms with Crippen molar-refractivity contribution in [2.24, 2.45) is 0 Å². The summed E-state index contributed by atoms with van der Waals surface area (Å²) in [6.45, 7) is 5.87. The smallest absolute Gasteiger partial charge is 0.282 e. The summed E-state index contributed by atoms with van der Waals surface area (Å²) in [4.78, 5) is 29.0. The van der Waals surface area contributed by atoms with Gasteiger partial charge in [-0.15, -0.1) is 11.3 Å². The van der Waals surface area contributed by atoms with Crippen LogP contribution >= 0.6 is 11.3 Å². The van der Waals surface area contributed by atoms with Gasteiger partial charge in [0.1, 0.15) is 11.4 Å². The lowest BCUT2D eigenvalue weighted by Crippen LogP contribution is -2.32. The molecule has 0 radical (unpaired) electrons. The summed E-state index contributed by atoms with van der Waals surface area (Å²) in [5, 5.41) is 5.15. The first-order valence-electron chi connectivity index (χ1n) is 9.56. The quantitative estimate of drug-likeness (QED) is 0.587. The maximum Gasteiger partial charge on any atom is 0.282 e. The molecule has 3 aromatic rings. The van der Waals surface area contributed by atoms with Gasteiger partial charge >= 0.3 is 0 Å². The first-order chi connectivity index (χ1) is 14.4. The molecule has 2 heterocycles. The molecular weight excluding hydrogens is 396 g/mol. The number of carbonyl (C=O) groups is 2. The number of ether oxygens (including phenoxy) is 1. The molecule has 30 heavy (non-hydrogen) atoms. The summed E-state index contributed by atoms with van der Waals surface area (Å²) >= 11 is 1.43. The van der Waals surface area contributed by atoms with Gasteiger partial charge in [0, 0.05) is 10.6 Å². The minimum atomic E-state index is -0.395. The Morgan fingerprint density at radius 2 is 1.67 bits per heavy atom. The molecule has 6 heteroatoms. The van der Waals surface area contributed by atoms with Gasteiger partial charge < -0.3 is 10.1 Å². The molecule has 0 spiro atoms. The zero-order chi connectivity index (χ0) is 21.4. The molecule has 5 nitrogen and oxygen atoms in total. The number of nitrogens with one attached hydrogen (secondary N) is 1. The van der Waals surface area contributed by atoms with E-state index in [-0.39, 0.29) is 11.6 Å². The number of carbonyl (C=O) groups excluding carboxylic acids is 2. The summed E-state index contributed by atoms with van der Waals surface area (Å²) in [5.74, 6) is -0.284. The minimum absolute atomic E-state index is 0.278. The largest absolute Gasteiger partial charge is 0.495 e. The molecule has 0 saturated carbocycles. The third-order valence-electron chi connectivity index (χ3n) is 5.08.